The molecule has 29 heavy (non-hydrogen) atoms. The third-order valence-corrected chi connectivity index (χ3v) is 5.67. The predicted octanol–water partition coefficient (Wildman–Crippen LogP) is 3.07. The van der Waals surface area contributed by atoms with Crippen molar-refractivity contribution < 1.29 is 4.79 Å². The molecule has 1 fully saturated rings. The molecule has 1 saturated carbocycles. The first-order valence-electron chi connectivity index (χ1n) is 9.72. The molecule has 1 amide bonds. The molecular weight excluding hydrogens is 364 g/mol. The van der Waals surface area contributed by atoms with E-state index < -0.39 is 0 Å². The normalized spacial score (nSPS) is 18.5. The maximum absolute atomic E-state index is 13.1. The molecule has 3 heterocycles. The minimum Gasteiger partial charge on any atom is -0.348 e. The van der Waals surface area contributed by atoms with Crippen LogP contribution in [0.5, 0.6) is 0 Å². The molecule has 0 aliphatic heterocycles. The van der Waals surface area contributed by atoms with Crippen molar-refractivity contribution in [2.45, 2.75) is 32.4 Å². The van der Waals surface area contributed by atoms with Crippen molar-refractivity contribution in [1.29, 1.82) is 5.26 Å². The molecule has 0 bridgehead atoms. The maximum Gasteiger partial charge on any atom is 0.268 e. The van der Waals surface area contributed by atoms with Crippen LogP contribution in [0.2, 0.25) is 0 Å². The van der Waals surface area contributed by atoms with Gasteiger partial charge in [0.1, 0.15) is 11.5 Å². The second-order valence-electron chi connectivity index (χ2n) is 7.61. The van der Waals surface area contributed by atoms with Crippen molar-refractivity contribution in [2.24, 2.45) is 5.92 Å². The monoisotopic (exact) mass is 384 g/mol. The van der Waals surface area contributed by atoms with Crippen molar-refractivity contribution in [3.8, 4) is 6.07 Å². The third-order valence-electron chi connectivity index (χ3n) is 5.67. The van der Waals surface area contributed by atoms with E-state index in [-0.39, 0.29) is 17.9 Å². The maximum atomic E-state index is 13.1. The summed E-state index contributed by atoms with van der Waals surface area (Å²) in [5.41, 5.74) is 4.35. The zero-order valence-corrected chi connectivity index (χ0v) is 16.0. The van der Waals surface area contributed by atoms with E-state index in [1.807, 2.05) is 52.3 Å². The van der Waals surface area contributed by atoms with E-state index in [2.05, 4.69) is 33.7 Å². The average Bonchev–Trinajstić information content (AvgIpc) is 3.26. The fraction of sp³-hybridized carbons (Fsp3) is 0.273. The van der Waals surface area contributed by atoms with Crippen molar-refractivity contribution in [1.82, 2.24) is 24.5 Å². The van der Waals surface area contributed by atoms with Gasteiger partial charge < -0.3 is 9.88 Å². The van der Waals surface area contributed by atoms with Gasteiger partial charge in [0.05, 0.1) is 23.0 Å². The lowest BCUT2D eigenvalue weighted by Crippen LogP contribution is -2.44. The lowest BCUT2D eigenvalue weighted by Gasteiger charge is -2.31. The van der Waals surface area contributed by atoms with E-state index in [1.54, 1.807) is 0 Å². The van der Waals surface area contributed by atoms with E-state index in [0.717, 1.165) is 40.9 Å². The van der Waals surface area contributed by atoms with Gasteiger partial charge in [0.2, 0.25) is 0 Å². The Morgan fingerprint density at radius 2 is 1.97 bits per heavy atom. The number of pyridine rings is 1. The molecule has 0 radical (unpaired) electrons. The number of fused-ring (bicyclic) bond motifs is 3. The Labute approximate surface area is 167 Å². The van der Waals surface area contributed by atoms with Gasteiger partial charge in [-0.15, -0.1) is 10.2 Å². The van der Waals surface area contributed by atoms with Gasteiger partial charge in [0, 0.05) is 12.6 Å². The van der Waals surface area contributed by atoms with Gasteiger partial charge in [-0.3, -0.25) is 9.20 Å². The number of hydrogen-bond donors (Lipinski definition) is 1. The van der Waals surface area contributed by atoms with Crippen LogP contribution in [0, 0.1) is 24.2 Å². The van der Waals surface area contributed by atoms with Crippen LogP contribution in [0.15, 0.2) is 48.5 Å². The van der Waals surface area contributed by atoms with Gasteiger partial charge >= 0.3 is 0 Å². The molecule has 144 valence electrons. The van der Waals surface area contributed by atoms with Crippen molar-refractivity contribution in [2.75, 3.05) is 0 Å². The third kappa shape index (κ3) is 2.93. The fourth-order valence-corrected chi connectivity index (χ4v) is 4.07. The van der Waals surface area contributed by atoms with Gasteiger partial charge in [-0.25, -0.2) is 0 Å². The van der Waals surface area contributed by atoms with Gasteiger partial charge in [0.15, 0.2) is 5.65 Å². The first-order valence-corrected chi connectivity index (χ1v) is 9.72. The summed E-state index contributed by atoms with van der Waals surface area (Å²) in [6.45, 7) is 2.50. The van der Waals surface area contributed by atoms with E-state index in [0.29, 0.717) is 12.2 Å². The van der Waals surface area contributed by atoms with E-state index in [1.165, 1.54) is 0 Å². The van der Waals surface area contributed by atoms with Gasteiger partial charge in [-0.1, -0.05) is 30.3 Å². The highest BCUT2D eigenvalue weighted by atomic mass is 16.2. The first kappa shape index (κ1) is 17.4. The number of nitrogens with zero attached hydrogens (tertiary/aromatic N) is 5. The first-order chi connectivity index (χ1) is 14.1. The van der Waals surface area contributed by atoms with E-state index >= 15 is 0 Å². The Morgan fingerprint density at radius 3 is 2.72 bits per heavy atom. The van der Waals surface area contributed by atoms with Crippen LogP contribution in [-0.4, -0.2) is 31.1 Å². The van der Waals surface area contributed by atoms with Crippen LogP contribution in [0.4, 0.5) is 0 Å². The zero-order chi connectivity index (χ0) is 20.0. The predicted molar refractivity (Wildman–Crippen MR) is 108 cm³/mol. The van der Waals surface area contributed by atoms with Crippen molar-refractivity contribution in [3.05, 3.63) is 65.6 Å². The smallest absolute Gasteiger partial charge is 0.268 e. The van der Waals surface area contributed by atoms with E-state index in [9.17, 15) is 4.79 Å². The standard InChI is InChI=1S/C22H20N6O/c1-14-25-26-21-8-7-18-19(28(14)21)11-20(22(29)24-17-9-16(10-17)12-23)27(18)13-15-5-3-2-4-6-15/h2-8,11,16-17H,9-10,13H2,1H3,(H,24,29)/t16-,17-. The molecular formula is C22H20N6O. The SMILES string of the molecule is Cc1nnc2ccc3c(cc(C(=O)N[C@H]4C[C@H](C#N)C4)n3Cc3ccccc3)n12. The fourth-order valence-electron chi connectivity index (χ4n) is 4.07. The minimum absolute atomic E-state index is 0.0507. The van der Waals surface area contributed by atoms with Crippen LogP contribution in [0.1, 0.15) is 34.7 Å². The Bertz CT molecular complexity index is 1260. The van der Waals surface area contributed by atoms with Gasteiger partial charge in [-0.05, 0) is 43.5 Å². The molecule has 0 unspecified atom stereocenters. The topological polar surface area (TPSA) is 88.0 Å². The molecule has 1 aliphatic carbocycles. The average molecular weight is 384 g/mol. The number of nitriles is 1. The summed E-state index contributed by atoms with van der Waals surface area (Å²) in [6, 6.07) is 18.2. The highest BCUT2D eigenvalue weighted by molar-refractivity contribution is 5.98. The van der Waals surface area contributed by atoms with Crippen molar-refractivity contribution >= 4 is 22.6 Å². The summed E-state index contributed by atoms with van der Waals surface area (Å²) in [5.74, 6) is 0.720. The zero-order valence-electron chi connectivity index (χ0n) is 16.0. The number of hydrogen-bond acceptors (Lipinski definition) is 4. The van der Waals surface area contributed by atoms with Gasteiger partial charge in [0.25, 0.3) is 5.91 Å². The second-order valence-corrected chi connectivity index (χ2v) is 7.61. The number of carbonyl (C=O) groups excluding carboxylic acids is 1. The minimum atomic E-state index is -0.114. The quantitative estimate of drug-likeness (QED) is 0.586. The number of amides is 1. The summed E-state index contributed by atoms with van der Waals surface area (Å²) in [5, 5.41) is 20.4. The molecule has 5 rings (SSSR count). The van der Waals surface area contributed by atoms with Crippen LogP contribution in [0.25, 0.3) is 16.7 Å². The Hall–Kier alpha value is -3.66. The number of nitrogens with one attached hydrogen (secondary N) is 1. The summed E-state index contributed by atoms with van der Waals surface area (Å²) < 4.78 is 4.02. The van der Waals surface area contributed by atoms with Crippen LogP contribution >= 0.6 is 0 Å². The number of aromatic nitrogens is 4. The lowest BCUT2D eigenvalue weighted by atomic mass is 9.81. The second kappa shape index (κ2) is 6.74. The molecule has 3 aromatic heterocycles. The van der Waals surface area contributed by atoms with Crippen molar-refractivity contribution in [3.63, 3.8) is 0 Å². The number of benzene rings is 1. The summed E-state index contributed by atoms with van der Waals surface area (Å²) in [4.78, 5) is 13.1. The Kier molecular flexibility index (Phi) is 4.06. The molecule has 1 aliphatic rings. The molecule has 0 atom stereocenters. The molecule has 0 spiro atoms. The highest BCUT2D eigenvalue weighted by Gasteiger charge is 2.31. The van der Waals surface area contributed by atoms with Crippen LogP contribution in [0.3, 0.4) is 0 Å². The number of rotatable bonds is 4. The van der Waals surface area contributed by atoms with Crippen LogP contribution in [-0.2, 0) is 6.54 Å². The number of carbonyl (C=O) groups is 1. The molecule has 1 aromatic carbocycles. The summed E-state index contributed by atoms with van der Waals surface area (Å²) in [7, 11) is 0. The lowest BCUT2D eigenvalue weighted by molar-refractivity contribution is 0.0896. The molecule has 0 saturated heterocycles. The molecule has 1 N–H and O–H groups in total. The summed E-state index contributed by atoms with van der Waals surface area (Å²) >= 11 is 0. The van der Waals surface area contributed by atoms with E-state index in [4.69, 9.17) is 5.26 Å². The Balaban J connectivity index is 1.60. The Morgan fingerprint density at radius 1 is 1.17 bits per heavy atom. The molecule has 7 heteroatoms. The molecule has 7 nitrogen and oxygen atoms in total. The molecule has 4 aromatic rings. The number of aryl methyl sites for hydroxylation is 1. The summed E-state index contributed by atoms with van der Waals surface area (Å²) in [6.07, 6.45) is 1.44. The highest BCUT2D eigenvalue weighted by Crippen LogP contribution is 2.28. The van der Waals surface area contributed by atoms with Crippen LogP contribution < -0.4 is 5.32 Å². The largest absolute Gasteiger partial charge is 0.348 e. The van der Waals surface area contributed by atoms with Gasteiger partial charge in [-0.2, -0.15) is 5.26 Å².